The van der Waals surface area contributed by atoms with E-state index in [0.29, 0.717) is 19.4 Å². The van der Waals surface area contributed by atoms with E-state index in [4.69, 9.17) is 10.00 Å². The molecule has 6 nitrogen and oxygen atoms in total. The lowest BCUT2D eigenvalue weighted by Gasteiger charge is -2.11. The predicted molar refractivity (Wildman–Crippen MR) is 81.6 cm³/mol. The Morgan fingerprint density at radius 1 is 1.27 bits per heavy atom. The van der Waals surface area contributed by atoms with Crippen LogP contribution in [0.15, 0.2) is 29.2 Å². The molecule has 1 atom stereocenters. The van der Waals surface area contributed by atoms with E-state index < -0.39 is 22.0 Å². The summed E-state index contributed by atoms with van der Waals surface area (Å²) in [5.74, 6) is -0.486. The summed E-state index contributed by atoms with van der Waals surface area (Å²) < 4.78 is 31.6. The molecule has 0 unspecified atom stereocenters. The molecule has 0 aliphatic heterocycles. The van der Waals surface area contributed by atoms with Gasteiger partial charge in [0.05, 0.1) is 23.1 Å². The van der Waals surface area contributed by atoms with E-state index in [1.54, 1.807) is 0 Å². The highest BCUT2D eigenvalue weighted by atomic mass is 32.2. The molecule has 0 saturated heterocycles. The van der Waals surface area contributed by atoms with Gasteiger partial charge >= 0.3 is 5.97 Å². The van der Waals surface area contributed by atoms with Gasteiger partial charge in [-0.15, -0.1) is 0 Å². The van der Waals surface area contributed by atoms with Crippen molar-refractivity contribution >= 4 is 16.0 Å². The zero-order valence-corrected chi connectivity index (χ0v) is 13.5. The van der Waals surface area contributed by atoms with Gasteiger partial charge < -0.3 is 4.74 Å². The zero-order valence-electron chi connectivity index (χ0n) is 12.7. The minimum Gasteiger partial charge on any atom is -0.462 e. The average molecular weight is 324 g/mol. The molecule has 0 radical (unpaired) electrons. The fourth-order valence-corrected chi connectivity index (χ4v) is 2.92. The summed E-state index contributed by atoms with van der Waals surface area (Å²) in [7, 11) is -3.78. The van der Waals surface area contributed by atoms with Crippen LogP contribution >= 0.6 is 0 Å². The van der Waals surface area contributed by atoms with Gasteiger partial charge in [0.2, 0.25) is 10.0 Å². The normalized spacial score (nSPS) is 12.4. The van der Waals surface area contributed by atoms with Crippen LogP contribution in [-0.4, -0.2) is 27.0 Å². The van der Waals surface area contributed by atoms with Gasteiger partial charge in [-0.05, 0) is 37.1 Å². The molecule has 0 heterocycles. The number of hydrogen-bond donors (Lipinski definition) is 1. The number of sulfonamides is 1. The Morgan fingerprint density at radius 3 is 2.41 bits per heavy atom. The van der Waals surface area contributed by atoms with E-state index in [1.807, 2.05) is 19.9 Å². The van der Waals surface area contributed by atoms with Crippen molar-refractivity contribution in [1.82, 2.24) is 4.72 Å². The minimum atomic E-state index is -3.78. The molecule has 1 aromatic carbocycles. The summed E-state index contributed by atoms with van der Waals surface area (Å²) in [5, 5.41) is 8.93. The molecule has 0 spiro atoms. The lowest BCUT2D eigenvalue weighted by Crippen LogP contribution is -2.33. The van der Waals surface area contributed by atoms with E-state index in [2.05, 4.69) is 4.72 Å². The largest absolute Gasteiger partial charge is 0.462 e. The highest BCUT2D eigenvalue weighted by Gasteiger charge is 2.19. The zero-order chi connectivity index (χ0) is 16.6. The Labute approximate surface area is 131 Å². The first-order valence-corrected chi connectivity index (χ1v) is 8.62. The van der Waals surface area contributed by atoms with Crippen LogP contribution in [0.1, 0.15) is 43.5 Å². The van der Waals surface area contributed by atoms with Gasteiger partial charge in [-0.1, -0.05) is 20.3 Å². The third-order valence-corrected chi connectivity index (χ3v) is 4.36. The summed E-state index contributed by atoms with van der Waals surface area (Å²) in [6.07, 6.45) is 1.86. The van der Waals surface area contributed by atoms with Crippen molar-refractivity contribution < 1.29 is 17.9 Å². The first kappa shape index (κ1) is 18.1. The van der Waals surface area contributed by atoms with Crippen molar-refractivity contribution in [3.05, 3.63) is 29.8 Å². The third kappa shape index (κ3) is 5.13. The molecular formula is C15H20N2O4S. The number of esters is 1. The molecular weight excluding hydrogens is 304 g/mol. The van der Waals surface area contributed by atoms with Gasteiger partial charge in [0.25, 0.3) is 0 Å². The van der Waals surface area contributed by atoms with E-state index >= 15 is 0 Å². The van der Waals surface area contributed by atoms with Crippen molar-refractivity contribution in [2.24, 2.45) is 0 Å². The van der Waals surface area contributed by atoms with Crippen LogP contribution in [-0.2, 0) is 14.8 Å². The Kier molecular flexibility index (Phi) is 7.02. The summed E-state index contributed by atoms with van der Waals surface area (Å²) in [4.78, 5) is 11.7. The molecule has 1 N–H and O–H groups in total. The van der Waals surface area contributed by atoms with Crippen molar-refractivity contribution in [3.8, 4) is 6.07 Å². The van der Waals surface area contributed by atoms with E-state index in [9.17, 15) is 13.2 Å². The number of nitrogens with one attached hydrogen (secondary N) is 1. The smallest absolute Gasteiger partial charge is 0.338 e. The van der Waals surface area contributed by atoms with Crippen LogP contribution in [0.25, 0.3) is 0 Å². The fourth-order valence-electron chi connectivity index (χ4n) is 1.74. The topological polar surface area (TPSA) is 96.3 Å². The van der Waals surface area contributed by atoms with Gasteiger partial charge in [-0.3, -0.25) is 0 Å². The molecule has 0 bridgehead atoms. The Bertz CT molecular complexity index is 633. The van der Waals surface area contributed by atoms with Gasteiger partial charge in [0, 0.05) is 0 Å². The van der Waals surface area contributed by atoms with Crippen LogP contribution in [0.2, 0.25) is 0 Å². The summed E-state index contributed by atoms with van der Waals surface area (Å²) in [6.45, 7) is 4.08. The SMILES string of the molecule is CCCOC(=O)c1ccc(S(=O)(=O)N[C@H](C#N)CCC)cc1. The lowest BCUT2D eigenvalue weighted by atomic mass is 10.2. The van der Waals surface area contributed by atoms with E-state index in [-0.39, 0.29) is 10.5 Å². The summed E-state index contributed by atoms with van der Waals surface area (Å²) in [6, 6.07) is 6.60. The standard InChI is InChI=1S/C15H20N2O4S/c1-3-5-13(11-16)17-22(19,20)14-8-6-12(7-9-14)15(18)21-10-4-2/h6-9,13,17H,3-5,10H2,1-2H3/t13-/m0/s1. The quantitative estimate of drug-likeness (QED) is 0.740. The minimum absolute atomic E-state index is 0.0101. The van der Waals surface area contributed by atoms with Crippen LogP contribution in [0.3, 0.4) is 0 Å². The van der Waals surface area contributed by atoms with Crippen molar-refractivity contribution in [3.63, 3.8) is 0 Å². The Hall–Kier alpha value is -1.91. The number of nitriles is 1. The highest BCUT2D eigenvalue weighted by Crippen LogP contribution is 2.13. The molecule has 0 saturated carbocycles. The van der Waals surface area contributed by atoms with Crippen LogP contribution in [0.4, 0.5) is 0 Å². The summed E-state index contributed by atoms with van der Waals surface area (Å²) in [5.41, 5.74) is 0.290. The van der Waals surface area contributed by atoms with Crippen LogP contribution in [0, 0.1) is 11.3 Å². The average Bonchev–Trinajstić information content (AvgIpc) is 2.52. The van der Waals surface area contributed by atoms with Gasteiger partial charge in [-0.2, -0.15) is 9.98 Å². The van der Waals surface area contributed by atoms with Gasteiger partial charge in [0.15, 0.2) is 0 Å². The molecule has 0 fully saturated rings. The molecule has 0 aromatic heterocycles. The van der Waals surface area contributed by atoms with Gasteiger partial charge in [0.1, 0.15) is 6.04 Å². The van der Waals surface area contributed by atoms with Crippen LogP contribution in [0.5, 0.6) is 0 Å². The maximum absolute atomic E-state index is 12.2. The first-order chi connectivity index (χ1) is 10.4. The molecule has 0 aliphatic carbocycles. The number of nitrogens with zero attached hydrogens (tertiary/aromatic N) is 1. The maximum atomic E-state index is 12.2. The monoisotopic (exact) mass is 324 g/mol. The van der Waals surface area contributed by atoms with Crippen LogP contribution < -0.4 is 4.72 Å². The summed E-state index contributed by atoms with van der Waals surface area (Å²) >= 11 is 0. The fraction of sp³-hybridized carbons (Fsp3) is 0.467. The number of ether oxygens (including phenoxy) is 1. The number of carbonyl (C=O) groups is 1. The molecule has 7 heteroatoms. The number of rotatable bonds is 8. The second-order valence-corrected chi connectivity index (χ2v) is 6.47. The molecule has 1 aromatic rings. The highest BCUT2D eigenvalue weighted by molar-refractivity contribution is 7.89. The van der Waals surface area contributed by atoms with E-state index in [1.165, 1.54) is 24.3 Å². The van der Waals surface area contributed by atoms with Crippen molar-refractivity contribution in [2.75, 3.05) is 6.61 Å². The number of carbonyl (C=O) groups excluding carboxylic acids is 1. The second-order valence-electron chi connectivity index (χ2n) is 4.75. The Morgan fingerprint density at radius 2 is 1.91 bits per heavy atom. The molecule has 0 aliphatic rings. The molecule has 1 rings (SSSR count). The maximum Gasteiger partial charge on any atom is 0.338 e. The van der Waals surface area contributed by atoms with Crippen molar-refractivity contribution in [1.29, 1.82) is 5.26 Å². The molecule has 0 amide bonds. The lowest BCUT2D eigenvalue weighted by molar-refractivity contribution is 0.0505. The molecule has 120 valence electrons. The van der Waals surface area contributed by atoms with Gasteiger partial charge in [-0.25, -0.2) is 13.2 Å². The van der Waals surface area contributed by atoms with E-state index in [0.717, 1.165) is 6.42 Å². The Balaban J connectivity index is 2.85. The predicted octanol–water partition coefficient (Wildman–Crippen LogP) is 2.22. The number of benzene rings is 1. The first-order valence-electron chi connectivity index (χ1n) is 7.13. The number of hydrogen-bond acceptors (Lipinski definition) is 5. The second kappa shape index (κ2) is 8.51. The third-order valence-electron chi connectivity index (χ3n) is 2.87. The molecule has 22 heavy (non-hydrogen) atoms. The van der Waals surface area contributed by atoms with Crippen molar-refractivity contribution in [2.45, 2.75) is 44.0 Å².